The predicted octanol–water partition coefficient (Wildman–Crippen LogP) is -0.386. The van der Waals surface area contributed by atoms with Crippen LogP contribution in [0.4, 0.5) is 0 Å². The van der Waals surface area contributed by atoms with E-state index in [0.29, 0.717) is 0 Å². The Morgan fingerprint density at radius 2 is 2.40 bits per heavy atom. The van der Waals surface area contributed by atoms with Crippen LogP contribution in [0.1, 0.15) is 11.3 Å². The van der Waals surface area contributed by atoms with E-state index in [9.17, 15) is 4.79 Å². The minimum Gasteiger partial charge on any atom is -0.339 e. The van der Waals surface area contributed by atoms with Gasteiger partial charge in [-0.15, -0.1) is 0 Å². The van der Waals surface area contributed by atoms with Gasteiger partial charge in [0.05, 0.1) is 11.3 Å². The number of fused-ring (bicyclic) bond motifs is 1. The summed E-state index contributed by atoms with van der Waals surface area (Å²) in [7, 11) is 0. The molecule has 0 unspecified atom stereocenters. The van der Waals surface area contributed by atoms with Gasteiger partial charge in [0.1, 0.15) is 0 Å². The van der Waals surface area contributed by atoms with E-state index in [2.05, 4.69) is 15.0 Å². The topological polar surface area (TPSA) is 58.0 Å². The molecule has 4 nitrogen and oxygen atoms in total. The molecule has 0 radical (unpaired) electrons. The van der Waals surface area contributed by atoms with Crippen LogP contribution in [0, 0.1) is 0 Å². The van der Waals surface area contributed by atoms with Gasteiger partial charge in [0.25, 0.3) is 0 Å². The maximum atomic E-state index is 10.8. The first kappa shape index (κ1) is 5.73. The summed E-state index contributed by atoms with van der Waals surface area (Å²) in [5.41, 5.74) is 1.49. The zero-order valence-electron chi connectivity index (χ0n) is 5.44. The van der Waals surface area contributed by atoms with Crippen LogP contribution in [0.5, 0.6) is 0 Å². The van der Waals surface area contributed by atoms with E-state index in [1.165, 1.54) is 0 Å². The number of hydrogen-bond acceptors (Lipinski definition) is 3. The maximum absolute atomic E-state index is 10.8. The van der Waals surface area contributed by atoms with Gasteiger partial charge >= 0.3 is 5.63 Å². The summed E-state index contributed by atoms with van der Waals surface area (Å²) < 4.78 is 4.60. The second-order valence-corrected chi connectivity index (χ2v) is 2.38. The Morgan fingerprint density at radius 3 is 3.20 bits per heavy atom. The Morgan fingerprint density at radius 1 is 1.50 bits per heavy atom. The minimum absolute atomic E-state index is 0.212. The van der Waals surface area contributed by atoms with Gasteiger partial charge in [-0.1, -0.05) is 0 Å². The van der Waals surface area contributed by atoms with E-state index in [1.807, 2.05) is 0 Å². The smallest absolute Gasteiger partial charge is 0.339 e. The highest BCUT2D eigenvalue weighted by Gasteiger charge is 2.14. The molecule has 0 saturated heterocycles. The molecule has 0 atom stereocenters. The molecule has 0 fully saturated rings. The van der Waals surface area contributed by atoms with Gasteiger partial charge in [-0.3, -0.25) is 0 Å². The van der Waals surface area contributed by atoms with Gasteiger partial charge in [0.2, 0.25) is 0 Å². The van der Waals surface area contributed by atoms with Crippen molar-refractivity contribution in [3.63, 3.8) is 0 Å². The summed E-state index contributed by atoms with van der Waals surface area (Å²) in [6, 6.07) is 0. The van der Waals surface area contributed by atoms with Gasteiger partial charge < -0.3 is 9.84 Å². The summed E-state index contributed by atoms with van der Waals surface area (Å²) in [6.07, 6.45) is 0.779. The summed E-state index contributed by atoms with van der Waals surface area (Å²) in [5.74, 6) is 0. The lowest BCUT2D eigenvalue weighted by atomic mass is 10.1. The first-order valence-electron chi connectivity index (χ1n) is 3.28. The molecule has 0 spiro atoms. The van der Waals surface area contributed by atoms with Crippen LogP contribution in [0.3, 0.4) is 0 Å². The highest BCUT2D eigenvalue weighted by atomic mass is 16.5. The van der Waals surface area contributed by atoms with Crippen LogP contribution in [-0.2, 0) is 13.0 Å². The van der Waals surface area contributed by atoms with Crippen LogP contribution in [0.15, 0.2) is 9.32 Å². The molecule has 2 heterocycles. The average molecular weight is 140 g/mol. The second kappa shape index (κ2) is 1.98. The quantitative estimate of drug-likeness (QED) is 0.516. The van der Waals surface area contributed by atoms with Gasteiger partial charge in [-0.2, -0.15) is 0 Å². The van der Waals surface area contributed by atoms with Crippen molar-refractivity contribution in [2.24, 2.45) is 0 Å². The third kappa shape index (κ3) is 0.690. The normalized spacial score (nSPS) is 16.8. The van der Waals surface area contributed by atoms with Crippen molar-refractivity contribution in [2.45, 2.75) is 13.0 Å². The molecule has 2 rings (SSSR count). The Bertz CT molecular complexity index is 286. The molecule has 0 aromatic carbocycles. The lowest BCUT2D eigenvalue weighted by molar-refractivity contribution is 0.383. The zero-order chi connectivity index (χ0) is 6.97. The van der Waals surface area contributed by atoms with Crippen LogP contribution in [0.2, 0.25) is 0 Å². The summed E-state index contributed by atoms with van der Waals surface area (Å²) in [6.45, 7) is 1.59. The number of hydrogen-bond donors (Lipinski definition) is 2. The van der Waals surface area contributed by atoms with Crippen molar-refractivity contribution in [3.05, 3.63) is 21.7 Å². The Hall–Kier alpha value is -1.03. The summed E-state index contributed by atoms with van der Waals surface area (Å²) in [4.78, 5) is 10.8. The third-order valence-electron chi connectivity index (χ3n) is 1.73. The first-order valence-corrected chi connectivity index (χ1v) is 3.28. The Kier molecular flexibility index (Phi) is 1.14. The number of H-pyrrole nitrogens is 1. The molecule has 4 heteroatoms. The zero-order valence-corrected chi connectivity index (χ0v) is 5.44. The Balaban J connectivity index is 2.55. The molecule has 0 amide bonds. The monoisotopic (exact) mass is 140 g/mol. The number of nitrogens with one attached hydrogen (secondary N) is 2. The van der Waals surface area contributed by atoms with Gasteiger partial charge in [0.15, 0.2) is 0 Å². The first-order chi connectivity index (χ1) is 4.88. The molecule has 0 aliphatic carbocycles. The van der Waals surface area contributed by atoms with Crippen molar-refractivity contribution >= 4 is 0 Å². The molecule has 1 aliphatic heterocycles. The number of rotatable bonds is 0. The fraction of sp³-hybridized carbons (Fsp3) is 0.500. The predicted molar refractivity (Wildman–Crippen MR) is 34.7 cm³/mol. The third-order valence-corrected chi connectivity index (χ3v) is 1.73. The van der Waals surface area contributed by atoms with Crippen LogP contribution >= 0.6 is 0 Å². The molecule has 10 heavy (non-hydrogen) atoms. The molecular formula is C6H8N2O2. The molecule has 1 aromatic heterocycles. The van der Waals surface area contributed by atoms with E-state index >= 15 is 0 Å². The largest absolute Gasteiger partial charge is 0.360 e. The Labute approximate surface area is 57.2 Å². The van der Waals surface area contributed by atoms with E-state index in [0.717, 1.165) is 30.8 Å². The molecule has 0 bridgehead atoms. The van der Waals surface area contributed by atoms with E-state index in [-0.39, 0.29) is 5.63 Å². The number of aromatic nitrogens is 1. The lowest BCUT2D eigenvalue weighted by Gasteiger charge is -2.08. The average Bonchev–Trinajstić information content (AvgIpc) is 2.34. The van der Waals surface area contributed by atoms with Gasteiger partial charge in [-0.05, 0) is 13.0 Å². The van der Waals surface area contributed by atoms with E-state index in [1.54, 1.807) is 0 Å². The van der Waals surface area contributed by atoms with Gasteiger partial charge in [-0.25, -0.2) is 9.95 Å². The van der Waals surface area contributed by atoms with Crippen molar-refractivity contribution in [1.82, 2.24) is 10.5 Å². The van der Waals surface area contributed by atoms with Crippen molar-refractivity contribution in [2.75, 3.05) is 6.54 Å². The lowest BCUT2D eigenvalue weighted by Crippen LogP contribution is -2.25. The summed E-state index contributed by atoms with van der Waals surface area (Å²) >= 11 is 0. The highest BCUT2D eigenvalue weighted by molar-refractivity contribution is 5.17. The molecule has 1 aromatic rings. The molecule has 0 saturated carbocycles. The SMILES string of the molecule is O=c1o[nH]c2c1CCNC2. The second-order valence-electron chi connectivity index (χ2n) is 2.38. The fourth-order valence-electron chi connectivity index (χ4n) is 1.18. The van der Waals surface area contributed by atoms with Crippen molar-refractivity contribution in [3.8, 4) is 0 Å². The van der Waals surface area contributed by atoms with Crippen LogP contribution in [0.25, 0.3) is 0 Å². The standard InChI is InChI=1S/C6H8N2O2/c9-6-4-1-2-7-3-5(4)8-10-6/h7-8H,1-3H2. The van der Waals surface area contributed by atoms with E-state index < -0.39 is 0 Å². The highest BCUT2D eigenvalue weighted by Crippen LogP contribution is 2.04. The van der Waals surface area contributed by atoms with Crippen LogP contribution < -0.4 is 10.9 Å². The number of aromatic amines is 1. The van der Waals surface area contributed by atoms with Crippen LogP contribution in [-0.4, -0.2) is 11.7 Å². The van der Waals surface area contributed by atoms with Gasteiger partial charge in [0, 0.05) is 6.54 Å². The van der Waals surface area contributed by atoms with E-state index in [4.69, 9.17) is 0 Å². The maximum Gasteiger partial charge on any atom is 0.360 e. The fourth-order valence-corrected chi connectivity index (χ4v) is 1.18. The molecule has 1 aliphatic rings. The van der Waals surface area contributed by atoms with Crippen molar-refractivity contribution in [1.29, 1.82) is 0 Å². The molecule has 54 valence electrons. The van der Waals surface area contributed by atoms with Crippen molar-refractivity contribution < 1.29 is 4.52 Å². The molecule has 2 N–H and O–H groups in total. The molecular weight excluding hydrogens is 132 g/mol. The summed E-state index contributed by atoms with van der Waals surface area (Å²) in [5, 5.41) is 5.70. The minimum atomic E-state index is -0.212.